The van der Waals surface area contributed by atoms with Crippen LogP contribution >= 0.6 is 0 Å². The first-order valence-electron chi connectivity index (χ1n) is 17.8. The quantitative estimate of drug-likeness (QED) is 0.141. The fourth-order valence-electron chi connectivity index (χ4n) is 7.95. The van der Waals surface area contributed by atoms with E-state index in [0.29, 0.717) is 23.0 Å². The molecule has 3 aliphatic carbocycles. The lowest BCUT2D eigenvalue weighted by molar-refractivity contribution is 0.101. The van der Waals surface area contributed by atoms with Gasteiger partial charge in [-0.3, -0.25) is 19.6 Å². The summed E-state index contributed by atoms with van der Waals surface area (Å²) < 4.78 is 0. The molecule has 1 saturated carbocycles. The van der Waals surface area contributed by atoms with Crippen LogP contribution in [0.1, 0.15) is 118 Å². The smallest absolute Gasteiger partial charge is 0.259 e. The van der Waals surface area contributed by atoms with Crippen molar-refractivity contribution in [1.29, 1.82) is 0 Å². The summed E-state index contributed by atoms with van der Waals surface area (Å²) in [5.74, 6) is -0.195. The van der Waals surface area contributed by atoms with Gasteiger partial charge in [0.05, 0.1) is 23.2 Å². The highest BCUT2D eigenvalue weighted by atomic mass is 16.3. The predicted octanol–water partition coefficient (Wildman–Crippen LogP) is 8.55. The van der Waals surface area contributed by atoms with Gasteiger partial charge in [0.1, 0.15) is 11.5 Å². The Bertz CT molecular complexity index is 1860. The number of hydrogen-bond acceptors (Lipinski definition) is 6. The minimum Gasteiger partial charge on any atom is -0.506 e. The topological polar surface area (TPSA) is 123 Å². The van der Waals surface area contributed by atoms with E-state index in [2.05, 4.69) is 36.6 Å². The van der Waals surface area contributed by atoms with Gasteiger partial charge in [0, 0.05) is 34.9 Å². The monoisotopic (exact) mass is 668 g/mol. The Balaban J connectivity index is 1.05. The number of benzene rings is 4. The Morgan fingerprint density at radius 2 is 1.04 bits per heavy atom. The maximum Gasteiger partial charge on any atom is 0.259 e. The van der Waals surface area contributed by atoms with E-state index in [-0.39, 0.29) is 46.5 Å². The number of para-hydroxylation sites is 2. The van der Waals surface area contributed by atoms with Crippen LogP contribution in [0.3, 0.4) is 0 Å². The summed E-state index contributed by atoms with van der Waals surface area (Å²) >= 11 is 0. The SMILES string of the molecule is C[C@@H]1CCc2cccc(NC(=O)c3cccc(C=N[C@@H]4CCCC[C@H]4N=Cc4cccc(C(=O)Nc5cccc6c5[C@H](C)CC6)c4O)c3O)c21. The minimum atomic E-state index is -0.358. The number of carbonyl (C=O) groups is 2. The molecule has 4 N–H and O–H groups in total. The summed E-state index contributed by atoms with van der Waals surface area (Å²) in [4.78, 5) is 36.4. The van der Waals surface area contributed by atoms with Gasteiger partial charge in [0.2, 0.25) is 0 Å². The maximum atomic E-state index is 13.3. The lowest BCUT2D eigenvalue weighted by atomic mass is 9.91. The van der Waals surface area contributed by atoms with Crippen molar-refractivity contribution < 1.29 is 19.8 Å². The second-order valence-electron chi connectivity index (χ2n) is 14.0. The summed E-state index contributed by atoms with van der Waals surface area (Å²) in [6.07, 6.45) is 11.1. The van der Waals surface area contributed by atoms with Gasteiger partial charge in [0.25, 0.3) is 11.8 Å². The van der Waals surface area contributed by atoms with E-state index in [4.69, 9.17) is 9.98 Å². The van der Waals surface area contributed by atoms with Crippen molar-refractivity contribution >= 4 is 35.6 Å². The molecule has 8 heteroatoms. The molecule has 4 aromatic carbocycles. The Morgan fingerprint density at radius 3 is 1.48 bits per heavy atom. The molecule has 7 rings (SSSR count). The van der Waals surface area contributed by atoms with Crippen LogP contribution < -0.4 is 10.6 Å². The molecule has 0 unspecified atom stereocenters. The molecule has 2 amide bonds. The van der Waals surface area contributed by atoms with Crippen LogP contribution in [0.25, 0.3) is 0 Å². The standard InChI is InChI=1S/C42H44N4O4/c1-25-19-21-27-9-7-17-35(37(25)27)45-41(49)31-13-5-11-29(39(31)47)23-43-33-15-3-4-16-34(33)44-24-30-12-6-14-32(40(30)48)42(50)46-36-18-8-10-28-22-20-26(2)38(28)36/h5-14,17-18,23-26,33-34,47-48H,3-4,15-16,19-22H2,1-2H3,(H,45,49)(H,46,50)/t25-,26-,33-,34-/m1/s1. The Kier molecular flexibility index (Phi) is 9.52. The van der Waals surface area contributed by atoms with Crippen LogP contribution in [0.2, 0.25) is 0 Å². The predicted molar refractivity (Wildman–Crippen MR) is 200 cm³/mol. The first kappa shape index (κ1) is 33.3. The maximum absolute atomic E-state index is 13.3. The van der Waals surface area contributed by atoms with E-state index in [1.165, 1.54) is 22.3 Å². The highest BCUT2D eigenvalue weighted by Gasteiger charge is 2.26. The molecule has 50 heavy (non-hydrogen) atoms. The van der Waals surface area contributed by atoms with E-state index in [1.54, 1.807) is 48.8 Å². The number of carbonyl (C=O) groups excluding carboxylic acids is 2. The van der Waals surface area contributed by atoms with Crippen LogP contribution in [-0.2, 0) is 12.8 Å². The fourth-order valence-corrected chi connectivity index (χ4v) is 7.95. The third-order valence-electron chi connectivity index (χ3n) is 10.7. The summed E-state index contributed by atoms with van der Waals surface area (Å²) in [6.45, 7) is 4.35. The van der Waals surface area contributed by atoms with Crippen LogP contribution in [0.4, 0.5) is 11.4 Å². The van der Waals surface area contributed by atoms with Crippen LogP contribution in [-0.4, -0.2) is 46.5 Å². The molecule has 0 aromatic heterocycles. The van der Waals surface area contributed by atoms with E-state index < -0.39 is 0 Å². The zero-order valence-corrected chi connectivity index (χ0v) is 28.7. The molecule has 0 radical (unpaired) electrons. The molecule has 4 aromatic rings. The zero-order chi connectivity index (χ0) is 34.8. The second-order valence-corrected chi connectivity index (χ2v) is 14.0. The number of amides is 2. The highest BCUT2D eigenvalue weighted by Crippen LogP contribution is 2.39. The summed E-state index contributed by atoms with van der Waals surface area (Å²) in [6, 6.07) is 22.0. The minimum absolute atomic E-state index is 0.111. The molecular weight excluding hydrogens is 624 g/mol. The molecule has 4 atom stereocenters. The van der Waals surface area contributed by atoms with Crippen LogP contribution in [0.5, 0.6) is 11.5 Å². The van der Waals surface area contributed by atoms with Crippen molar-refractivity contribution in [2.24, 2.45) is 9.98 Å². The first-order chi connectivity index (χ1) is 24.3. The number of rotatable bonds is 8. The average Bonchev–Trinajstić information content (AvgIpc) is 3.70. The Morgan fingerprint density at radius 1 is 0.620 bits per heavy atom. The van der Waals surface area contributed by atoms with Gasteiger partial charge in [-0.2, -0.15) is 0 Å². The normalized spacial score (nSPS) is 21.3. The van der Waals surface area contributed by atoms with Gasteiger partial charge in [-0.15, -0.1) is 0 Å². The summed E-state index contributed by atoms with van der Waals surface area (Å²) in [7, 11) is 0. The third-order valence-corrected chi connectivity index (χ3v) is 10.7. The van der Waals surface area contributed by atoms with Crippen molar-refractivity contribution in [3.8, 4) is 11.5 Å². The van der Waals surface area contributed by atoms with Crippen LogP contribution in [0, 0.1) is 0 Å². The largest absolute Gasteiger partial charge is 0.506 e. The van der Waals surface area contributed by atoms with Crippen molar-refractivity contribution in [3.05, 3.63) is 117 Å². The van der Waals surface area contributed by atoms with Crippen LogP contribution in [0.15, 0.2) is 82.8 Å². The van der Waals surface area contributed by atoms with E-state index in [9.17, 15) is 19.8 Å². The van der Waals surface area contributed by atoms with E-state index in [0.717, 1.165) is 62.7 Å². The molecular formula is C42H44N4O4. The molecule has 0 heterocycles. The molecule has 256 valence electrons. The van der Waals surface area contributed by atoms with Crippen molar-refractivity contribution in [3.63, 3.8) is 0 Å². The number of nitrogens with one attached hydrogen (secondary N) is 2. The summed E-state index contributed by atoms with van der Waals surface area (Å²) in [5, 5.41) is 28.3. The van der Waals surface area contributed by atoms with Crippen molar-refractivity contribution in [2.75, 3.05) is 10.6 Å². The van der Waals surface area contributed by atoms with Gasteiger partial charge in [-0.05, 0) is 109 Å². The van der Waals surface area contributed by atoms with E-state index in [1.807, 2.05) is 24.3 Å². The third kappa shape index (κ3) is 6.67. The number of anilines is 2. The van der Waals surface area contributed by atoms with Crippen molar-refractivity contribution in [1.82, 2.24) is 0 Å². The lowest BCUT2D eigenvalue weighted by Gasteiger charge is -2.25. The molecule has 0 saturated heterocycles. The summed E-state index contributed by atoms with van der Waals surface area (Å²) in [5.41, 5.74) is 7.79. The van der Waals surface area contributed by atoms with Gasteiger partial charge >= 0.3 is 0 Å². The molecule has 3 aliphatic rings. The highest BCUT2D eigenvalue weighted by molar-refractivity contribution is 6.09. The molecule has 0 aliphatic heterocycles. The first-order valence-corrected chi connectivity index (χ1v) is 17.8. The molecule has 0 spiro atoms. The number of aromatic hydroxyl groups is 2. The molecule has 0 bridgehead atoms. The number of aliphatic imine (C=N–C) groups is 2. The number of phenols is 2. The molecule has 8 nitrogen and oxygen atoms in total. The molecule has 1 fully saturated rings. The number of fused-ring (bicyclic) bond motifs is 2. The fraction of sp³-hybridized carbons (Fsp3) is 0.333. The zero-order valence-electron chi connectivity index (χ0n) is 28.7. The lowest BCUT2D eigenvalue weighted by Crippen LogP contribution is -2.27. The number of hydrogen-bond donors (Lipinski definition) is 4. The van der Waals surface area contributed by atoms with E-state index >= 15 is 0 Å². The van der Waals surface area contributed by atoms with Crippen molar-refractivity contribution in [2.45, 2.75) is 89.1 Å². The average molecular weight is 669 g/mol. The van der Waals surface area contributed by atoms with Gasteiger partial charge in [0.15, 0.2) is 0 Å². The number of phenolic OH excluding ortho intramolecular Hbond substituents is 2. The number of aryl methyl sites for hydroxylation is 2. The van der Waals surface area contributed by atoms with Gasteiger partial charge in [-0.25, -0.2) is 0 Å². The van der Waals surface area contributed by atoms with Gasteiger partial charge in [-0.1, -0.05) is 63.1 Å². The Labute approximate surface area is 293 Å². The van der Waals surface area contributed by atoms with Gasteiger partial charge < -0.3 is 20.8 Å². The number of nitrogens with zero attached hydrogens (tertiary/aromatic N) is 2. The second kappa shape index (κ2) is 14.3. The Hall–Kier alpha value is -5.24.